The summed E-state index contributed by atoms with van der Waals surface area (Å²) in [6.45, 7) is 0. The van der Waals surface area contributed by atoms with Gasteiger partial charge in [-0.15, -0.1) is 0 Å². The molecule has 0 unspecified atom stereocenters. The van der Waals surface area contributed by atoms with Crippen LogP contribution < -0.4 is 0 Å². The van der Waals surface area contributed by atoms with Crippen LogP contribution in [0.2, 0.25) is 0 Å². The van der Waals surface area contributed by atoms with E-state index in [1.807, 2.05) is 12.1 Å². The zero-order chi connectivity index (χ0) is 15.0. The molecule has 0 saturated heterocycles. The van der Waals surface area contributed by atoms with Crippen LogP contribution in [0.1, 0.15) is 5.56 Å². The molecule has 0 spiro atoms. The largest absolute Gasteiger partial charge is 0.418 e. The van der Waals surface area contributed by atoms with E-state index in [9.17, 15) is 13.2 Å². The van der Waals surface area contributed by atoms with E-state index in [0.717, 1.165) is 22.4 Å². The molecule has 3 rings (SSSR count). The van der Waals surface area contributed by atoms with Gasteiger partial charge in [0.05, 0.1) is 16.8 Å². The van der Waals surface area contributed by atoms with Crippen LogP contribution in [0.4, 0.5) is 13.2 Å². The van der Waals surface area contributed by atoms with Crippen LogP contribution >= 0.6 is 15.9 Å². The van der Waals surface area contributed by atoms with Gasteiger partial charge in [-0.2, -0.15) is 13.2 Å². The first-order valence-electron chi connectivity index (χ1n) is 6.03. The third-order valence-corrected chi connectivity index (χ3v) is 3.56. The van der Waals surface area contributed by atoms with Crippen molar-refractivity contribution < 1.29 is 13.2 Å². The Hall–Kier alpha value is -1.95. The molecule has 3 aromatic rings. The van der Waals surface area contributed by atoms with Gasteiger partial charge in [-0.25, -0.2) is 9.97 Å². The topological polar surface area (TPSA) is 25.8 Å². The standard InChI is InChI=1S/C15H8BrF3N2/c16-10-4-1-3-9(7-10)13-11-5-2-6-12(15(17,18)19)14(11)21-8-20-13/h1-8H. The lowest BCUT2D eigenvalue weighted by molar-refractivity contribution is -0.136. The minimum atomic E-state index is -4.44. The van der Waals surface area contributed by atoms with Crippen molar-refractivity contribution in [2.24, 2.45) is 0 Å². The molecule has 0 saturated carbocycles. The molecule has 1 aromatic heterocycles. The molecule has 2 aromatic carbocycles. The van der Waals surface area contributed by atoms with Crippen molar-refractivity contribution in [2.45, 2.75) is 6.18 Å². The predicted octanol–water partition coefficient (Wildman–Crippen LogP) is 5.08. The third kappa shape index (κ3) is 2.63. The zero-order valence-electron chi connectivity index (χ0n) is 10.5. The van der Waals surface area contributed by atoms with Crippen LogP contribution in [-0.4, -0.2) is 9.97 Å². The second-order valence-corrected chi connectivity index (χ2v) is 5.35. The van der Waals surface area contributed by atoms with Crippen LogP contribution in [0.25, 0.3) is 22.2 Å². The molecule has 0 aliphatic heterocycles. The molecule has 21 heavy (non-hydrogen) atoms. The normalized spacial score (nSPS) is 11.8. The zero-order valence-corrected chi connectivity index (χ0v) is 12.1. The molecule has 0 radical (unpaired) electrons. The third-order valence-electron chi connectivity index (χ3n) is 3.07. The number of hydrogen-bond donors (Lipinski definition) is 0. The van der Waals surface area contributed by atoms with Crippen LogP contribution in [0.5, 0.6) is 0 Å². The first-order valence-corrected chi connectivity index (χ1v) is 6.83. The van der Waals surface area contributed by atoms with Gasteiger partial charge in [-0.1, -0.05) is 40.2 Å². The summed E-state index contributed by atoms with van der Waals surface area (Å²) >= 11 is 3.35. The first kappa shape index (κ1) is 14.0. The van der Waals surface area contributed by atoms with Gasteiger partial charge >= 0.3 is 6.18 Å². The van der Waals surface area contributed by atoms with E-state index < -0.39 is 11.7 Å². The summed E-state index contributed by atoms with van der Waals surface area (Å²) in [5.41, 5.74) is 0.372. The van der Waals surface area contributed by atoms with E-state index in [1.165, 1.54) is 6.07 Å². The highest BCUT2D eigenvalue weighted by Crippen LogP contribution is 2.36. The summed E-state index contributed by atoms with van der Waals surface area (Å²) in [5, 5.41) is 0.380. The smallest absolute Gasteiger partial charge is 0.236 e. The SMILES string of the molecule is FC(F)(F)c1cccc2c(-c3cccc(Br)c3)ncnc12. The van der Waals surface area contributed by atoms with Gasteiger partial charge in [0, 0.05) is 15.4 Å². The summed E-state index contributed by atoms with van der Waals surface area (Å²) in [6.07, 6.45) is -3.28. The number of alkyl halides is 3. The molecule has 1 heterocycles. The minimum Gasteiger partial charge on any atom is -0.236 e. The molecular formula is C15H8BrF3N2. The Morgan fingerprint density at radius 3 is 2.43 bits per heavy atom. The highest BCUT2D eigenvalue weighted by Gasteiger charge is 2.33. The van der Waals surface area contributed by atoms with Crippen LogP contribution in [0, 0.1) is 0 Å². The Balaban J connectivity index is 2.31. The highest BCUT2D eigenvalue weighted by molar-refractivity contribution is 9.10. The maximum absolute atomic E-state index is 13.0. The highest BCUT2D eigenvalue weighted by atomic mass is 79.9. The van der Waals surface area contributed by atoms with Crippen LogP contribution in [0.15, 0.2) is 53.3 Å². The van der Waals surface area contributed by atoms with Crippen molar-refractivity contribution >= 4 is 26.8 Å². The number of fused-ring (bicyclic) bond motifs is 1. The summed E-state index contributed by atoms with van der Waals surface area (Å²) < 4.78 is 40.0. The summed E-state index contributed by atoms with van der Waals surface area (Å²) in [4.78, 5) is 7.96. The van der Waals surface area contributed by atoms with E-state index in [-0.39, 0.29) is 5.52 Å². The van der Waals surface area contributed by atoms with E-state index >= 15 is 0 Å². The lowest BCUT2D eigenvalue weighted by Gasteiger charge is -2.11. The van der Waals surface area contributed by atoms with Crippen molar-refractivity contribution in [3.63, 3.8) is 0 Å². The molecule has 0 bridgehead atoms. The molecule has 0 N–H and O–H groups in total. The van der Waals surface area contributed by atoms with Gasteiger partial charge in [0.2, 0.25) is 0 Å². The number of nitrogens with zero attached hydrogens (tertiary/aromatic N) is 2. The Morgan fingerprint density at radius 2 is 1.71 bits per heavy atom. The molecule has 6 heteroatoms. The summed E-state index contributed by atoms with van der Waals surface area (Å²) in [6, 6.07) is 11.3. The van der Waals surface area contributed by atoms with Crippen molar-refractivity contribution in [2.75, 3.05) is 0 Å². The Morgan fingerprint density at radius 1 is 0.952 bits per heavy atom. The maximum Gasteiger partial charge on any atom is 0.418 e. The lowest BCUT2D eigenvalue weighted by Crippen LogP contribution is -2.07. The number of halogens is 4. The molecule has 0 atom stereocenters. The lowest BCUT2D eigenvalue weighted by atomic mass is 10.0. The molecule has 0 aliphatic carbocycles. The summed E-state index contributed by atoms with van der Waals surface area (Å²) in [5.74, 6) is 0. The minimum absolute atomic E-state index is 0.0880. The van der Waals surface area contributed by atoms with E-state index in [4.69, 9.17) is 0 Å². The Bertz CT molecular complexity index is 815. The van der Waals surface area contributed by atoms with Crippen molar-refractivity contribution in [3.8, 4) is 11.3 Å². The quantitative estimate of drug-likeness (QED) is 0.610. The van der Waals surface area contributed by atoms with Gasteiger partial charge in [-0.3, -0.25) is 0 Å². The van der Waals surface area contributed by atoms with Crippen LogP contribution in [-0.2, 0) is 6.18 Å². The molecule has 0 aliphatic rings. The van der Waals surface area contributed by atoms with Gasteiger partial charge in [0.15, 0.2) is 0 Å². The van der Waals surface area contributed by atoms with Crippen LogP contribution in [0.3, 0.4) is 0 Å². The van der Waals surface area contributed by atoms with E-state index in [0.29, 0.717) is 11.1 Å². The monoisotopic (exact) mass is 352 g/mol. The molecule has 106 valence electrons. The fourth-order valence-corrected chi connectivity index (χ4v) is 2.58. The average molecular weight is 353 g/mol. The molecule has 0 amide bonds. The number of hydrogen-bond acceptors (Lipinski definition) is 2. The van der Waals surface area contributed by atoms with E-state index in [1.54, 1.807) is 18.2 Å². The van der Waals surface area contributed by atoms with Gasteiger partial charge < -0.3 is 0 Å². The Kier molecular flexibility index (Phi) is 3.41. The number of benzene rings is 2. The molecule has 2 nitrogen and oxygen atoms in total. The Labute approximate surface area is 126 Å². The van der Waals surface area contributed by atoms with Gasteiger partial charge in [0.1, 0.15) is 6.33 Å². The maximum atomic E-state index is 13.0. The molecule has 0 fully saturated rings. The summed E-state index contributed by atoms with van der Waals surface area (Å²) in [7, 11) is 0. The fraction of sp³-hybridized carbons (Fsp3) is 0.0667. The van der Waals surface area contributed by atoms with Crippen molar-refractivity contribution in [1.29, 1.82) is 0 Å². The second-order valence-electron chi connectivity index (χ2n) is 4.43. The van der Waals surface area contributed by atoms with Gasteiger partial charge in [0.25, 0.3) is 0 Å². The number of rotatable bonds is 1. The second kappa shape index (κ2) is 5.11. The van der Waals surface area contributed by atoms with Gasteiger partial charge in [-0.05, 0) is 18.2 Å². The number of aromatic nitrogens is 2. The van der Waals surface area contributed by atoms with Crippen molar-refractivity contribution in [3.05, 3.63) is 58.8 Å². The van der Waals surface area contributed by atoms with E-state index in [2.05, 4.69) is 25.9 Å². The van der Waals surface area contributed by atoms with Crippen molar-refractivity contribution in [1.82, 2.24) is 9.97 Å². The average Bonchev–Trinajstić information content (AvgIpc) is 2.45. The number of para-hydroxylation sites is 1. The first-order chi connectivity index (χ1) is 9.97. The molecular weight excluding hydrogens is 345 g/mol. The fourth-order valence-electron chi connectivity index (χ4n) is 2.18. The predicted molar refractivity (Wildman–Crippen MR) is 77.7 cm³/mol.